The van der Waals surface area contributed by atoms with E-state index in [0.29, 0.717) is 0 Å². The Bertz CT molecular complexity index is 534. The van der Waals surface area contributed by atoms with E-state index in [4.69, 9.17) is 5.11 Å². The van der Waals surface area contributed by atoms with E-state index >= 15 is 0 Å². The van der Waals surface area contributed by atoms with Gasteiger partial charge in [-0.05, 0) is 12.5 Å². The van der Waals surface area contributed by atoms with Crippen LogP contribution in [0.5, 0.6) is 5.88 Å². The number of rotatable bonds is 7. The molecule has 0 aliphatic heterocycles. The summed E-state index contributed by atoms with van der Waals surface area (Å²) in [7, 11) is 1.45. The summed E-state index contributed by atoms with van der Waals surface area (Å²) in [5, 5.41) is 8.52. The molecular formula is C13H15F3N2O4. The summed E-state index contributed by atoms with van der Waals surface area (Å²) in [6.45, 7) is -1.30. The van der Waals surface area contributed by atoms with Crippen LogP contribution < -0.4 is 4.74 Å². The molecule has 122 valence electrons. The van der Waals surface area contributed by atoms with Crippen molar-refractivity contribution in [3.63, 3.8) is 0 Å². The molecule has 22 heavy (non-hydrogen) atoms. The highest BCUT2D eigenvalue weighted by molar-refractivity contribution is 5.92. The number of aliphatic carboxylic acids is 1. The molecule has 0 bridgehead atoms. The predicted molar refractivity (Wildman–Crippen MR) is 69.6 cm³/mol. The third-order valence-electron chi connectivity index (χ3n) is 2.56. The predicted octanol–water partition coefficient (Wildman–Crippen LogP) is 1.96. The number of ether oxygens (including phenoxy) is 1. The summed E-state index contributed by atoms with van der Waals surface area (Å²) < 4.78 is 40.6. The smallest absolute Gasteiger partial charge is 0.422 e. The topological polar surface area (TPSA) is 79.7 Å². The van der Waals surface area contributed by atoms with Gasteiger partial charge in [0.05, 0.1) is 0 Å². The Labute approximate surface area is 124 Å². The molecule has 1 aromatic rings. The number of hydrogen-bond acceptors (Lipinski definition) is 4. The number of hydrogen-bond donors (Lipinski definition) is 1. The van der Waals surface area contributed by atoms with Crippen LogP contribution in [0.25, 0.3) is 0 Å². The zero-order valence-electron chi connectivity index (χ0n) is 11.8. The van der Waals surface area contributed by atoms with Crippen LogP contribution >= 0.6 is 0 Å². The van der Waals surface area contributed by atoms with Crippen LogP contribution in [0.4, 0.5) is 13.2 Å². The third kappa shape index (κ3) is 6.42. The molecule has 0 aromatic carbocycles. The van der Waals surface area contributed by atoms with Crippen LogP contribution in [0, 0.1) is 0 Å². The molecule has 0 saturated carbocycles. The van der Waals surface area contributed by atoms with Crippen molar-refractivity contribution in [2.45, 2.75) is 19.0 Å². The lowest BCUT2D eigenvalue weighted by Gasteiger charge is -2.16. The van der Waals surface area contributed by atoms with E-state index in [-0.39, 0.29) is 31.0 Å². The maximum atomic E-state index is 12.1. The number of amides is 1. The third-order valence-corrected chi connectivity index (χ3v) is 2.56. The zero-order chi connectivity index (χ0) is 16.8. The summed E-state index contributed by atoms with van der Waals surface area (Å²) in [5.41, 5.74) is -0.0718. The van der Waals surface area contributed by atoms with Crippen LogP contribution in [-0.4, -0.2) is 53.2 Å². The number of pyridine rings is 1. The highest BCUT2D eigenvalue weighted by Crippen LogP contribution is 2.17. The molecule has 9 heteroatoms. The molecular weight excluding hydrogens is 305 g/mol. The molecule has 0 saturated heterocycles. The number of nitrogens with zero attached hydrogens (tertiary/aromatic N) is 2. The molecule has 6 nitrogen and oxygen atoms in total. The molecule has 0 radical (unpaired) electrons. The summed E-state index contributed by atoms with van der Waals surface area (Å²) >= 11 is 0. The fourth-order valence-electron chi connectivity index (χ4n) is 1.53. The Morgan fingerprint density at radius 2 is 2.05 bits per heavy atom. The van der Waals surface area contributed by atoms with Crippen LogP contribution in [0.1, 0.15) is 23.3 Å². The lowest BCUT2D eigenvalue weighted by atomic mass is 10.2. The Morgan fingerprint density at radius 3 is 2.64 bits per heavy atom. The van der Waals surface area contributed by atoms with Gasteiger partial charge in [-0.15, -0.1) is 0 Å². The number of carboxylic acid groups (broad SMARTS) is 1. The second-order valence-corrected chi connectivity index (χ2v) is 4.49. The number of alkyl halides is 3. The molecule has 1 heterocycles. The van der Waals surface area contributed by atoms with Gasteiger partial charge in [0.15, 0.2) is 6.61 Å². The Morgan fingerprint density at radius 1 is 1.36 bits per heavy atom. The highest BCUT2D eigenvalue weighted by atomic mass is 19.4. The number of carbonyl (C=O) groups is 2. The average Bonchev–Trinajstić information content (AvgIpc) is 2.43. The first-order valence-corrected chi connectivity index (χ1v) is 6.33. The molecule has 1 N–H and O–H groups in total. The maximum Gasteiger partial charge on any atom is 0.422 e. The van der Waals surface area contributed by atoms with Gasteiger partial charge >= 0.3 is 12.1 Å². The van der Waals surface area contributed by atoms with Gasteiger partial charge in [0.25, 0.3) is 5.91 Å². The van der Waals surface area contributed by atoms with Crippen molar-refractivity contribution in [1.29, 1.82) is 0 Å². The number of halogens is 3. The van der Waals surface area contributed by atoms with E-state index in [0.717, 1.165) is 0 Å². The summed E-state index contributed by atoms with van der Waals surface area (Å²) in [5.74, 6) is -1.80. The Kier molecular flexibility index (Phi) is 6.14. The molecule has 1 rings (SSSR count). The van der Waals surface area contributed by atoms with Crippen LogP contribution in [0.2, 0.25) is 0 Å². The zero-order valence-corrected chi connectivity index (χ0v) is 11.8. The largest absolute Gasteiger partial charge is 0.481 e. The minimum atomic E-state index is -4.49. The first-order chi connectivity index (χ1) is 10.2. The van der Waals surface area contributed by atoms with E-state index < -0.39 is 24.7 Å². The fourth-order valence-corrected chi connectivity index (χ4v) is 1.53. The molecule has 0 unspecified atom stereocenters. The monoisotopic (exact) mass is 320 g/mol. The molecule has 0 atom stereocenters. The van der Waals surface area contributed by atoms with Crippen molar-refractivity contribution in [2.24, 2.45) is 0 Å². The van der Waals surface area contributed by atoms with Crippen molar-refractivity contribution in [3.8, 4) is 5.88 Å². The lowest BCUT2D eigenvalue weighted by molar-refractivity contribution is -0.154. The standard InChI is InChI=1S/C13H15F3N2O4/c1-18(7-3-6-11(19)20)12(21)9-4-2-5-10(17-9)22-8-13(14,15)16/h2,4-5H,3,6-8H2,1H3,(H,19,20). The van der Waals surface area contributed by atoms with Gasteiger partial charge in [-0.1, -0.05) is 6.07 Å². The SMILES string of the molecule is CN(CCCC(=O)O)C(=O)c1cccc(OCC(F)(F)F)n1. The van der Waals surface area contributed by atoms with Crippen LogP contribution in [0.3, 0.4) is 0 Å². The van der Waals surface area contributed by atoms with Crippen molar-refractivity contribution >= 4 is 11.9 Å². The fraction of sp³-hybridized carbons (Fsp3) is 0.462. The normalized spacial score (nSPS) is 11.1. The summed E-state index contributed by atoms with van der Waals surface area (Å²) in [6, 6.07) is 3.92. The van der Waals surface area contributed by atoms with Gasteiger partial charge in [-0.3, -0.25) is 9.59 Å². The summed E-state index contributed by atoms with van der Waals surface area (Å²) in [4.78, 5) is 27.4. The minimum Gasteiger partial charge on any atom is -0.481 e. The van der Waals surface area contributed by atoms with E-state index in [1.165, 1.54) is 30.1 Å². The average molecular weight is 320 g/mol. The second kappa shape index (κ2) is 7.62. The van der Waals surface area contributed by atoms with Crippen LogP contribution in [-0.2, 0) is 4.79 Å². The first kappa shape index (κ1) is 17.7. The number of carbonyl (C=O) groups excluding carboxylic acids is 1. The van der Waals surface area contributed by atoms with Gasteiger partial charge in [0.1, 0.15) is 5.69 Å². The molecule has 1 aromatic heterocycles. The van der Waals surface area contributed by atoms with Gasteiger partial charge < -0.3 is 14.7 Å². The van der Waals surface area contributed by atoms with Crippen molar-refractivity contribution < 1.29 is 32.6 Å². The number of carboxylic acids is 1. The first-order valence-electron chi connectivity index (χ1n) is 6.33. The van der Waals surface area contributed by atoms with Crippen molar-refractivity contribution in [1.82, 2.24) is 9.88 Å². The Hall–Kier alpha value is -2.32. The van der Waals surface area contributed by atoms with Crippen LogP contribution in [0.15, 0.2) is 18.2 Å². The molecule has 0 aliphatic rings. The Balaban J connectivity index is 2.63. The lowest BCUT2D eigenvalue weighted by Crippen LogP contribution is -2.29. The van der Waals surface area contributed by atoms with E-state index in [2.05, 4.69) is 9.72 Å². The molecule has 0 spiro atoms. The van der Waals surface area contributed by atoms with Crippen molar-refractivity contribution in [2.75, 3.05) is 20.2 Å². The van der Waals surface area contributed by atoms with Gasteiger partial charge in [0, 0.05) is 26.1 Å². The number of aromatic nitrogens is 1. The molecule has 0 aliphatic carbocycles. The van der Waals surface area contributed by atoms with E-state index in [1.54, 1.807) is 0 Å². The second-order valence-electron chi connectivity index (χ2n) is 4.49. The molecule has 1 amide bonds. The minimum absolute atomic E-state index is 0.0718. The van der Waals surface area contributed by atoms with E-state index in [9.17, 15) is 22.8 Å². The van der Waals surface area contributed by atoms with Gasteiger partial charge in [0.2, 0.25) is 5.88 Å². The molecule has 0 fully saturated rings. The van der Waals surface area contributed by atoms with Crippen molar-refractivity contribution in [3.05, 3.63) is 23.9 Å². The van der Waals surface area contributed by atoms with Gasteiger partial charge in [-0.2, -0.15) is 13.2 Å². The maximum absolute atomic E-state index is 12.1. The van der Waals surface area contributed by atoms with Gasteiger partial charge in [-0.25, -0.2) is 4.98 Å². The quantitative estimate of drug-likeness (QED) is 0.831. The highest BCUT2D eigenvalue weighted by Gasteiger charge is 2.28. The van der Waals surface area contributed by atoms with E-state index in [1.807, 2.05) is 0 Å². The summed E-state index contributed by atoms with van der Waals surface area (Å²) in [6.07, 6.45) is -4.31.